The van der Waals surface area contributed by atoms with E-state index in [0.29, 0.717) is 12.9 Å². The first kappa shape index (κ1) is 24.0. The lowest BCUT2D eigenvalue weighted by Gasteiger charge is -2.37. The van der Waals surface area contributed by atoms with Crippen molar-refractivity contribution in [1.82, 2.24) is 0 Å². The van der Waals surface area contributed by atoms with Crippen LogP contribution in [0, 0.1) is 5.92 Å². The molecule has 0 amide bonds. The standard InChI is InChI=1S/C23H42O4.H2/c1-3-5-7-9-10-11-12-13-14-16-20(26-19-24)18-22-21(23(25)27-22)17-15-8-6-4-2;/h19-22H,3-18H2,1-2H3;1H/t20?,21-,22-;/m0./s1. The molecule has 0 saturated carbocycles. The summed E-state index contributed by atoms with van der Waals surface area (Å²) in [5, 5.41) is 0. The highest BCUT2D eigenvalue weighted by Gasteiger charge is 2.42. The van der Waals surface area contributed by atoms with E-state index in [9.17, 15) is 9.59 Å². The van der Waals surface area contributed by atoms with Gasteiger partial charge in [0.2, 0.25) is 0 Å². The molecule has 1 aliphatic rings. The zero-order valence-corrected chi connectivity index (χ0v) is 17.8. The number of cyclic esters (lactones) is 1. The summed E-state index contributed by atoms with van der Waals surface area (Å²) < 4.78 is 10.6. The van der Waals surface area contributed by atoms with Crippen LogP contribution in [0.5, 0.6) is 0 Å². The Morgan fingerprint density at radius 2 is 1.48 bits per heavy atom. The van der Waals surface area contributed by atoms with Crippen LogP contribution in [0.15, 0.2) is 0 Å². The molecule has 0 aromatic carbocycles. The van der Waals surface area contributed by atoms with E-state index < -0.39 is 0 Å². The molecule has 4 heteroatoms. The fourth-order valence-electron chi connectivity index (χ4n) is 3.97. The van der Waals surface area contributed by atoms with Gasteiger partial charge in [-0.2, -0.15) is 0 Å². The molecule has 3 atom stereocenters. The van der Waals surface area contributed by atoms with E-state index in [4.69, 9.17) is 9.47 Å². The van der Waals surface area contributed by atoms with Crippen LogP contribution in [0.2, 0.25) is 0 Å². The van der Waals surface area contributed by atoms with E-state index in [2.05, 4.69) is 13.8 Å². The van der Waals surface area contributed by atoms with Crippen LogP contribution in [0.1, 0.15) is 118 Å². The van der Waals surface area contributed by atoms with Crippen molar-refractivity contribution >= 4 is 12.4 Å². The summed E-state index contributed by atoms with van der Waals surface area (Å²) in [6, 6.07) is 0. The van der Waals surface area contributed by atoms with Crippen LogP contribution in [-0.2, 0) is 19.1 Å². The van der Waals surface area contributed by atoms with Crippen molar-refractivity contribution in [2.75, 3.05) is 0 Å². The van der Waals surface area contributed by atoms with Gasteiger partial charge in [-0.05, 0) is 19.3 Å². The summed E-state index contributed by atoms with van der Waals surface area (Å²) >= 11 is 0. The zero-order valence-electron chi connectivity index (χ0n) is 17.8. The Balaban J connectivity index is 0.00000729. The summed E-state index contributed by atoms with van der Waals surface area (Å²) in [5.41, 5.74) is 0. The molecule has 1 heterocycles. The van der Waals surface area contributed by atoms with Gasteiger partial charge in [0.05, 0.1) is 5.92 Å². The van der Waals surface area contributed by atoms with Gasteiger partial charge in [0.15, 0.2) is 0 Å². The molecule has 0 N–H and O–H groups in total. The summed E-state index contributed by atoms with van der Waals surface area (Å²) in [6.45, 7) is 4.99. The summed E-state index contributed by atoms with van der Waals surface area (Å²) in [4.78, 5) is 22.6. The predicted molar refractivity (Wildman–Crippen MR) is 112 cm³/mol. The number of ether oxygens (including phenoxy) is 2. The van der Waals surface area contributed by atoms with E-state index in [1.807, 2.05) is 0 Å². The molecule has 1 unspecified atom stereocenters. The fourth-order valence-corrected chi connectivity index (χ4v) is 3.97. The number of esters is 1. The van der Waals surface area contributed by atoms with Crippen molar-refractivity contribution in [2.24, 2.45) is 5.92 Å². The SMILES string of the molecule is CCCCCCCCCCCC(C[C@@H]1OC(=O)[C@H]1CCCCCC)OC=O.[HH]. The zero-order chi connectivity index (χ0) is 19.7. The van der Waals surface area contributed by atoms with Crippen molar-refractivity contribution in [3.63, 3.8) is 0 Å². The largest absolute Gasteiger partial charge is 0.464 e. The van der Waals surface area contributed by atoms with Gasteiger partial charge in [-0.1, -0.05) is 90.9 Å². The van der Waals surface area contributed by atoms with Crippen LogP contribution in [0.4, 0.5) is 0 Å². The van der Waals surface area contributed by atoms with Gasteiger partial charge < -0.3 is 9.47 Å². The number of carbonyl (C=O) groups excluding carboxylic acids is 2. The van der Waals surface area contributed by atoms with E-state index in [1.165, 1.54) is 70.6 Å². The van der Waals surface area contributed by atoms with E-state index in [1.54, 1.807) is 0 Å². The average Bonchev–Trinajstić information content (AvgIpc) is 2.66. The molecule has 1 rings (SSSR count). The van der Waals surface area contributed by atoms with Gasteiger partial charge in [0.25, 0.3) is 6.47 Å². The maximum absolute atomic E-state index is 11.7. The summed E-state index contributed by atoms with van der Waals surface area (Å²) in [6.07, 6.45) is 18.6. The highest BCUT2D eigenvalue weighted by atomic mass is 16.6. The third-order valence-corrected chi connectivity index (χ3v) is 5.76. The van der Waals surface area contributed by atoms with E-state index in [-0.39, 0.29) is 25.5 Å². The van der Waals surface area contributed by atoms with E-state index >= 15 is 0 Å². The third kappa shape index (κ3) is 10.8. The molecule has 0 aromatic rings. The van der Waals surface area contributed by atoms with Crippen LogP contribution in [-0.4, -0.2) is 24.6 Å². The first-order valence-electron chi connectivity index (χ1n) is 11.5. The minimum Gasteiger partial charge on any atom is -0.464 e. The van der Waals surface area contributed by atoms with E-state index in [0.717, 1.165) is 25.7 Å². The quantitative estimate of drug-likeness (QED) is 0.143. The van der Waals surface area contributed by atoms with Gasteiger partial charge in [-0.15, -0.1) is 0 Å². The van der Waals surface area contributed by atoms with Crippen molar-refractivity contribution in [1.29, 1.82) is 0 Å². The Morgan fingerprint density at radius 3 is 2.04 bits per heavy atom. The molecule has 160 valence electrons. The first-order valence-corrected chi connectivity index (χ1v) is 11.5. The highest BCUT2D eigenvalue weighted by molar-refractivity contribution is 5.78. The molecular weight excluding hydrogens is 340 g/mol. The van der Waals surface area contributed by atoms with Crippen LogP contribution >= 0.6 is 0 Å². The fraction of sp³-hybridized carbons (Fsp3) is 0.913. The molecule has 0 radical (unpaired) electrons. The monoisotopic (exact) mass is 384 g/mol. The Morgan fingerprint density at radius 1 is 0.926 bits per heavy atom. The highest BCUT2D eigenvalue weighted by Crippen LogP contribution is 2.32. The minimum absolute atomic E-state index is 0. The van der Waals surface area contributed by atoms with Crippen LogP contribution in [0.3, 0.4) is 0 Å². The Kier molecular flexibility index (Phi) is 14.2. The maximum atomic E-state index is 11.7. The molecule has 0 spiro atoms. The van der Waals surface area contributed by atoms with Crippen LogP contribution < -0.4 is 0 Å². The summed E-state index contributed by atoms with van der Waals surface area (Å²) in [7, 11) is 0. The predicted octanol–water partition coefficient (Wildman–Crippen LogP) is 6.60. The lowest BCUT2D eigenvalue weighted by atomic mass is 9.86. The number of rotatable bonds is 19. The second kappa shape index (κ2) is 15.9. The number of carbonyl (C=O) groups is 2. The Bertz CT molecular complexity index is 389. The normalized spacial score (nSPS) is 20.0. The Labute approximate surface area is 168 Å². The van der Waals surface area contributed by atoms with Gasteiger partial charge in [-0.25, -0.2) is 0 Å². The molecule has 1 aliphatic heterocycles. The Hall–Kier alpha value is -1.06. The topological polar surface area (TPSA) is 52.6 Å². The van der Waals surface area contributed by atoms with Crippen LogP contribution in [0.25, 0.3) is 0 Å². The number of unbranched alkanes of at least 4 members (excludes halogenated alkanes) is 11. The van der Waals surface area contributed by atoms with Crippen molar-refractivity contribution in [3.8, 4) is 0 Å². The molecule has 4 nitrogen and oxygen atoms in total. The van der Waals surface area contributed by atoms with Gasteiger partial charge in [0, 0.05) is 7.85 Å². The van der Waals surface area contributed by atoms with Gasteiger partial charge in [-0.3, -0.25) is 9.59 Å². The van der Waals surface area contributed by atoms with Gasteiger partial charge in [0.1, 0.15) is 12.2 Å². The average molecular weight is 385 g/mol. The van der Waals surface area contributed by atoms with Crippen molar-refractivity contribution < 1.29 is 20.5 Å². The van der Waals surface area contributed by atoms with Crippen molar-refractivity contribution in [3.05, 3.63) is 0 Å². The number of hydrogen-bond donors (Lipinski definition) is 0. The lowest BCUT2D eigenvalue weighted by molar-refractivity contribution is -0.189. The minimum atomic E-state index is -0.108. The molecule has 1 fully saturated rings. The number of hydrogen-bond acceptors (Lipinski definition) is 4. The second-order valence-electron chi connectivity index (χ2n) is 8.14. The second-order valence-corrected chi connectivity index (χ2v) is 8.14. The molecular formula is C23H44O4. The molecule has 1 saturated heterocycles. The lowest BCUT2D eigenvalue weighted by Crippen LogP contribution is -2.47. The first-order chi connectivity index (χ1) is 13.2. The third-order valence-electron chi connectivity index (χ3n) is 5.76. The molecule has 0 aliphatic carbocycles. The molecule has 0 aromatic heterocycles. The maximum Gasteiger partial charge on any atom is 0.313 e. The molecule has 0 bridgehead atoms. The van der Waals surface area contributed by atoms with Gasteiger partial charge >= 0.3 is 5.97 Å². The summed E-state index contributed by atoms with van der Waals surface area (Å²) in [5.74, 6) is -0.0489. The smallest absolute Gasteiger partial charge is 0.313 e. The van der Waals surface area contributed by atoms with Crippen molar-refractivity contribution in [2.45, 2.75) is 129 Å². The molecule has 27 heavy (non-hydrogen) atoms.